The van der Waals surface area contributed by atoms with E-state index in [4.69, 9.17) is 39.9 Å². The summed E-state index contributed by atoms with van der Waals surface area (Å²) < 4.78 is 76.0. The summed E-state index contributed by atoms with van der Waals surface area (Å²) in [6.45, 7) is 0. The molecule has 0 aromatic heterocycles. The standard InChI is InChI=1S/2Al.3H2O3S.2H2O/c;;3*1-4(2)3;;/h;;3*(H2,1,2,3);2*1H2/q2*+3;;;;;/p-6. The Morgan fingerprint density at radius 1 is 0.500 bits per heavy atom. The zero-order chi connectivity index (χ0) is 10.7. The minimum atomic E-state index is -3.11. The van der Waals surface area contributed by atoms with E-state index in [1.807, 2.05) is 0 Å². The van der Waals surface area contributed by atoms with Crippen LogP contribution in [0, 0.1) is 0 Å². The molecule has 0 aliphatic rings. The Bertz CT molecular complexity index is 117. The second-order valence-electron chi connectivity index (χ2n) is 0.612. The molecule has 0 aliphatic carbocycles. The molecule has 0 saturated carbocycles. The van der Waals surface area contributed by atoms with E-state index >= 15 is 0 Å². The van der Waals surface area contributed by atoms with Crippen molar-refractivity contribution in [1.82, 2.24) is 0 Å². The third kappa shape index (κ3) is 2140. The zero-order valence-electron chi connectivity index (χ0n) is 7.05. The minimum absolute atomic E-state index is 0. The minimum Gasteiger partial charge on any atom is -0.784 e. The summed E-state index contributed by atoms with van der Waals surface area (Å²) in [6, 6.07) is 0. The predicted octanol–water partition coefficient (Wildman–Crippen LogP) is -5.42. The molecule has 0 fully saturated rings. The predicted molar refractivity (Wildman–Crippen MR) is 47.8 cm³/mol. The second kappa shape index (κ2) is 36.0. The Kier molecular flexibility index (Phi) is 97.6. The van der Waals surface area contributed by atoms with E-state index < -0.39 is 34.1 Å². The van der Waals surface area contributed by atoms with Gasteiger partial charge in [-0.05, 0) is 0 Å². The van der Waals surface area contributed by atoms with Gasteiger partial charge in [-0.1, -0.05) is 0 Å². The number of hydrogen-bond acceptors (Lipinski definition) is 9. The first-order chi connectivity index (χ1) is 5.20. The average Bonchev–Trinajstić information content (AvgIpc) is 1.54. The summed E-state index contributed by atoms with van der Waals surface area (Å²) >= 11 is -9.33. The fourth-order valence-corrected chi connectivity index (χ4v) is 0. The maximum atomic E-state index is 8.44. The molecule has 0 radical (unpaired) electrons. The Morgan fingerprint density at radius 3 is 0.500 bits per heavy atom. The summed E-state index contributed by atoms with van der Waals surface area (Å²) in [4.78, 5) is 0. The van der Waals surface area contributed by atoms with Crippen molar-refractivity contribution in [2.75, 3.05) is 0 Å². The smallest absolute Gasteiger partial charge is 0.784 e. The molecule has 0 bridgehead atoms. The monoisotopic (exact) mass is 330 g/mol. The molecule has 16 heteroatoms. The normalized spacial score (nSPS) is 6.56. The van der Waals surface area contributed by atoms with Crippen LogP contribution in [-0.4, -0.2) is 85.6 Å². The van der Waals surface area contributed by atoms with Gasteiger partial charge in [-0.25, -0.2) is 0 Å². The molecule has 16 heavy (non-hydrogen) atoms. The molecule has 0 amide bonds. The fourth-order valence-electron chi connectivity index (χ4n) is 0. The molecule has 11 nitrogen and oxygen atoms in total. The van der Waals surface area contributed by atoms with Crippen LogP contribution in [0.1, 0.15) is 0 Å². The Morgan fingerprint density at radius 2 is 0.500 bits per heavy atom. The molecule has 0 aromatic rings. The molecule has 0 heterocycles. The first kappa shape index (κ1) is 43.4. The Balaban J connectivity index is -0.0000000135. The van der Waals surface area contributed by atoms with Crippen LogP contribution in [0.5, 0.6) is 0 Å². The van der Waals surface area contributed by atoms with Crippen LogP contribution in [0.25, 0.3) is 0 Å². The van der Waals surface area contributed by atoms with Crippen molar-refractivity contribution in [3.63, 3.8) is 0 Å². The third-order valence-corrected chi connectivity index (χ3v) is 0. The second-order valence-corrected chi connectivity index (χ2v) is 1.84. The van der Waals surface area contributed by atoms with Crippen LogP contribution in [0.4, 0.5) is 0 Å². The summed E-state index contributed by atoms with van der Waals surface area (Å²) in [5.41, 5.74) is 0. The van der Waals surface area contributed by atoms with Crippen molar-refractivity contribution in [3.05, 3.63) is 0 Å². The van der Waals surface area contributed by atoms with Gasteiger partial charge >= 0.3 is 34.7 Å². The van der Waals surface area contributed by atoms with E-state index in [0.29, 0.717) is 0 Å². The largest absolute Gasteiger partial charge is 3.00 e. The molecule has 0 spiro atoms. The van der Waals surface area contributed by atoms with E-state index in [1.54, 1.807) is 0 Å². The topological polar surface area (TPSA) is 253 Å². The van der Waals surface area contributed by atoms with Crippen LogP contribution < -0.4 is 0 Å². The summed E-state index contributed by atoms with van der Waals surface area (Å²) in [5, 5.41) is 0. The van der Waals surface area contributed by atoms with Crippen LogP contribution in [-0.2, 0) is 34.1 Å². The number of hydrogen-bond donors (Lipinski definition) is 0. The molecule has 0 saturated heterocycles. The van der Waals surface area contributed by atoms with E-state index in [9.17, 15) is 0 Å². The van der Waals surface area contributed by atoms with E-state index in [0.717, 1.165) is 0 Å². The summed E-state index contributed by atoms with van der Waals surface area (Å²) in [5.74, 6) is 0. The van der Waals surface area contributed by atoms with Gasteiger partial charge in [-0.3, -0.25) is 12.6 Å². The van der Waals surface area contributed by atoms with Crippen LogP contribution >= 0.6 is 0 Å². The fraction of sp³-hybridized carbons (Fsp3) is 0. The van der Waals surface area contributed by atoms with Crippen molar-refractivity contribution in [2.45, 2.75) is 0 Å². The van der Waals surface area contributed by atoms with Crippen LogP contribution in [0.3, 0.4) is 0 Å². The zero-order valence-corrected chi connectivity index (χ0v) is 11.8. The van der Waals surface area contributed by atoms with Crippen LogP contribution in [0.2, 0.25) is 0 Å². The average molecular weight is 330 g/mol. The molecule has 0 atom stereocenters. The number of rotatable bonds is 0. The van der Waals surface area contributed by atoms with Gasteiger partial charge in [0.2, 0.25) is 0 Å². The Labute approximate surface area is 119 Å². The third-order valence-electron chi connectivity index (χ3n) is 0. The van der Waals surface area contributed by atoms with Crippen LogP contribution in [0.15, 0.2) is 0 Å². The van der Waals surface area contributed by atoms with Gasteiger partial charge in [0, 0.05) is 0 Å². The molecular weight excluding hydrogens is 326 g/mol. The van der Waals surface area contributed by atoms with E-state index in [1.165, 1.54) is 0 Å². The summed E-state index contributed by atoms with van der Waals surface area (Å²) in [7, 11) is 0. The van der Waals surface area contributed by atoms with Crippen molar-refractivity contribution in [3.8, 4) is 0 Å². The molecule has 94 valence electrons. The molecule has 4 N–H and O–H groups in total. The summed E-state index contributed by atoms with van der Waals surface area (Å²) in [6.07, 6.45) is 0. The van der Waals surface area contributed by atoms with Crippen molar-refractivity contribution >= 4 is 68.8 Å². The Hall–Kier alpha value is 1.19. The molecule has 0 aliphatic heterocycles. The van der Waals surface area contributed by atoms with Gasteiger partial charge in [-0.15, -0.1) is 34.1 Å². The van der Waals surface area contributed by atoms with Gasteiger partial charge in [0.15, 0.2) is 0 Å². The first-order valence-electron chi connectivity index (χ1n) is 1.50. The van der Waals surface area contributed by atoms with Gasteiger partial charge in [0.25, 0.3) is 0 Å². The van der Waals surface area contributed by atoms with Gasteiger partial charge < -0.3 is 38.3 Å². The van der Waals surface area contributed by atoms with Crippen molar-refractivity contribution < 1.29 is 50.9 Å². The maximum absolute atomic E-state index is 8.44. The van der Waals surface area contributed by atoms with E-state index in [-0.39, 0.29) is 45.7 Å². The first-order valence-corrected chi connectivity index (χ1v) is 4.50. The van der Waals surface area contributed by atoms with Gasteiger partial charge in [0.05, 0.1) is 0 Å². The van der Waals surface area contributed by atoms with Crippen molar-refractivity contribution in [1.29, 1.82) is 0 Å². The van der Waals surface area contributed by atoms with E-state index in [2.05, 4.69) is 0 Å². The SMILES string of the molecule is O.O.O=S([O-])[O-].O=S([O-])[O-].O=S([O-])[O-].[Al+3].[Al+3]. The maximum Gasteiger partial charge on any atom is 3.00 e. The van der Waals surface area contributed by atoms with Crippen molar-refractivity contribution in [2.24, 2.45) is 0 Å². The molecule has 0 unspecified atom stereocenters. The molecular formula is H4Al2O11S3. The molecule has 0 rings (SSSR count). The van der Waals surface area contributed by atoms with Gasteiger partial charge in [0.1, 0.15) is 0 Å². The van der Waals surface area contributed by atoms with Gasteiger partial charge in [-0.2, -0.15) is 0 Å². The molecule has 0 aromatic carbocycles. The quantitative estimate of drug-likeness (QED) is 0.302.